The second-order valence-corrected chi connectivity index (χ2v) is 6.91. The van der Waals surface area contributed by atoms with Crippen molar-refractivity contribution in [1.29, 1.82) is 0 Å². The Morgan fingerprint density at radius 1 is 1.12 bits per heavy atom. The van der Waals surface area contributed by atoms with E-state index in [9.17, 15) is 9.59 Å². The first kappa shape index (κ1) is 16.7. The molecule has 1 aromatic carbocycles. The van der Waals surface area contributed by atoms with Crippen LogP contribution in [0.4, 0.5) is 5.00 Å². The third-order valence-electron chi connectivity index (χ3n) is 4.48. The lowest BCUT2D eigenvalue weighted by molar-refractivity contribution is -0.120. The summed E-state index contributed by atoms with van der Waals surface area (Å²) in [5.74, 6) is -0.359. The van der Waals surface area contributed by atoms with E-state index in [1.165, 1.54) is 24.9 Å². The second kappa shape index (κ2) is 7.62. The average molecular weight is 343 g/mol. The van der Waals surface area contributed by atoms with Crippen LogP contribution in [0.1, 0.15) is 42.5 Å². The van der Waals surface area contributed by atoms with E-state index in [1.54, 1.807) is 0 Å². The summed E-state index contributed by atoms with van der Waals surface area (Å²) in [6.45, 7) is 0. The van der Waals surface area contributed by atoms with E-state index in [-0.39, 0.29) is 11.8 Å². The van der Waals surface area contributed by atoms with Crippen molar-refractivity contribution in [3.63, 3.8) is 0 Å². The summed E-state index contributed by atoms with van der Waals surface area (Å²) >= 11 is 1.37. The molecule has 126 valence electrons. The number of hydrogen-bond acceptors (Lipinski definition) is 4. The van der Waals surface area contributed by atoms with Gasteiger partial charge in [0.25, 0.3) is 0 Å². The second-order valence-electron chi connectivity index (χ2n) is 6.04. The molecule has 1 aromatic heterocycles. The van der Waals surface area contributed by atoms with Gasteiger partial charge in [0.2, 0.25) is 5.91 Å². The summed E-state index contributed by atoms with van der Waals surface area (Å²) in [6, 6.07) is 9.67. The molecule has 0 atom stereocenters. The number of rotatable bonds is 4. The van der Waals surface area contributed by atoms with Crippen molar-refractivity contribution in [1.82, 2.24) is 0 Å². The lowest BCUT2D eigenvalue weighted by atomic mass is 9.88. The molecule has 3 rings (SSSR count). The van der Waals surface area contributed by atoms with Crippen molar-refractivity contribution >= 4 is 28.2 Å². The molecule has 1 N–H and O–H groups in total. The number of amides is 1. The molecule has 1 heterocycles. The van der Waals surface area contributed by atoms with Gasteiger partial charge in [-0.15, -0.1) is 11.3 Å². The third-order valence-corrected chi connectivity index (χ3v) is 5.37. The van der Waals surface area contributed by atoms with Crippen molar-refractivity contribution in [2.45, 2.75) is 32.1 Å². The molecule has 1 fully saturated rings. The van der Waals surface area contributed by atoms with Gasteiger partial charge in [-0.05, 0) is 18.4 Å². The fourth-order valence-electron chi connectivity index (χ4n) is 3.16. The topological polar surface area (TPSA) is 55.4 Å². The third kappa shape index (κ3) is 3.51. The number of ether oxygens (including phenoxy) is 1. The Kier molecular flexibility index (Phi) is 5.30. The van der Waals surface area contributed by atoms with Crippen LogP contribution in [0.15, 0.2) is 35.7 Å². The molecular formula is C19H21NO3S. The van der Waals surface area contributed by atoms with E-state index in [0.717, 1.165) is 36.8 Å². The van der Waals surface area contributed by atoms with Gasteiger partial charge in [-0.25, -0.2) is 4.79 Å². The highest BCUT2D eigenvalue weighted by Gasteiger charge is 2.26. The Balaban J connectivity index is 1.89. The summed E-state index contributed by atoms with van der Waals surface area (Å²) in [6.07, 6.45) is 5.25. The van der Waals surface area contributed by atoms with Crippen molar-refractivity contribution in [3.05, 3.63) is 41.3 Å². The molecule has 1 amide bonds. The maximum atomic E-state index is 12.5. The number of carbonyl (C=O) groups is 2. The van der Waals surface area contributed by atoms with Crippen LogP contribution in [0.2, 0.25) is 0 Å². The molecule has 5 heteroatoms. The van der Waals surface area contributed by atoms with Gasteiger partial charge in [-0.3, -0.25) is 4.79 Å². The molecule has 0 saturated heterocycles. The van der Waals surface area contributed by atoms with E-state index >= 15 is 0 Å². The number of carbonyl (C=O) groups excluding carboxylic acids is 2. The van der Waals surface area contributed by atoms with E-state index in [1.807, 2.05) is 35.7 Å². The molecule has 4 nitrogen and oxygen atoms in total. The van der Waals surface area contributed by atoms with Gasteiger partial charge in [-0.1, -0.05) is 49.6 Å². The maximum absolute atomic E-state index is 12.5. The predicted octanol–water partition coefficient (Wildman–Crippen LogP) is 4.72. The Bertz CT molecular complexity index is 717. The molecule has 1 aliphatic rings. The lowest BCUT2D eigenvalue weighted by Crippen LogP contribution is -2.25. The first-order chi connectivity index (χ1) is 11.7. The fraction of sp³-hybridized carbons (Fsp3) is 0.368. The zero-order valence-corrected chi connectivity index (χ0v) is 14.5. The molecule has 24 heavy (non-hydrogen) atoms. The van der Waals surface area contributed by atoms with Gasteiger partial charge >= 0.3 is 5.97 Å². The number of hydrogen-bond donors (Lipinski definition) is 1. The molecular weight excluding hydrogens is 322 g/mol. The normalized spacial score (nSPS) is 15.0. The van der Waals surface area contributed by atoms with Crippen LogP contribution in [-0.2, 0) is 9.53 Å². The minimum atomic E-state index is -0.422. The molecule has 0 spiro atoms. The minimum absolute atomic E-state index is 0.0151. The highest BCUT2D eigenvalue weighted by molar-refractivity contribution is 7.15. The largest absolute Gasteiger partial charge is 0.465 e. The molecule has 0 radical (unpaired) electrons. The van der Waals surface area contributed by atoms with E-state index in [4.69, 9.17) is 4.74 Å². The summed E-state index contributed by atoms with van der Waals surface area (Å²) in [7, 11) is 1.36. The van der Waals surface area contributed by atoms with Gasteiger partial charge in [0.15, 0.2) is 0 Å². The maximum Gasteiger partial charge on any atom is 0.341 e. The Morgan fingerprint density at radius 3 is 2.50 bits per heavy atom. The number of benzene rings is 1. The number of thiophene rings is 1. The number of esters is 1. The van der Waals surface area contributed by atoms with Crippen LogP contribution in [0, 0.1) is 5.92 Å². The van der Waals surface area contributed by atoms with Crippen molar-refractivity contribution in [2.24, 2.45) is 5.92 Å². The van der Waals surface area contributed by atoms with Crippen molar-refractivity contribution in [3.8, 4) is 11.1 Å². The number of methoxy groups -OCH3 is 1. The standard InChI is InChI=1S/C19H21NO3S/c1-23-19(22)16-15(13-8-4-2-5-9-13)12-24-18(16)20-17(21)14-10-6-3-7-11-14/h2,4-5,8-9,12,14H,3,6-7,10-11H2,1H3,(H,20,21). The van der Waals surface area contributed by atoms with Crippen molar-refractivity contribution in [2.75, 3.05) is 12.4 Å². The quantitative estimate of drug-likeness (QED) is 0.817. The van der Waals surface area contributed by atoms with Gasteiger partial charge in [-0.2, -0.15) is 0 Å². The van der Waals surface area contributed by atoms with E-state index < -0.39 is 5.97 Å². The van der Waals surface area contributed by atoms with Crippen LogP contribution in [0.25, 0.3) is 11.1 Å². The zero-order chi connectivity index (χ0) is 16.9. The van der Waals surface area contributed by atoms with Crippen LogP contribution < -0.4 is 5.32 Å². The smallest absolute Gasteiger partial charge is 0.341 e. The highest BCUT2D eigenvalue weighted by atomic mass is 32.1. The Morgan fingerprint density at radius 2 is 1.83 bits per heavy atom. The lowest BCUT2D eigenvalue weighted by Gasteiger charge is -2.20. The zero-order valence-electron chi connectivity index (χ0n) is 13.7. The predicted molar refractivity (Wildman–Crippen MR) is 96.3 cm³/mol. The summed E-state index contributed by atoms with van der Waals surface area (Å²) in [5, 5.41) is 5.45. The van der Waals surface area contributed by atoms with Gasteiger partial charge < -0.3 is 10.1 Å². The summed E-state index contributed by atoms with van der Waals surface area (Å²) in [5.41, 5.74) is 2.18. The molecule has 1 aliphatic carbocycles. The fourth-order valence-corrected chi connectivity index (χ4v) is 4.12. The van der Waals surface area contributed by atoms with Gasteiger partial charge in [0.05, 0.1) is 7.11 Å². The monoisotopic (exact) mass is 343 g/mol. The van der Waals surface area contributed by atoms with Crippen molar-refractivity contribution < 1.29 is 14.3 Å². The number of nitrogens with one attached hydrogen (secondary N) is 1. The summed E-state index contributed by atoms with van der Waals surface area (Å²) < 4.78 is 4.94. The SMILES string of the molecule is COC(=O)c1c(-c2ccccc2)csc1NC(=O)C1CCCCC1. The highest BCUT2D eigenvalue weighted by Crippen LogP contribution is 2.37. The Hall–Kier alpha value is -2.14. The minimum Gasteiger partial charge on any atom is -0.465 e. The molecule has 0 bridgehead atoms. The first-order valence-electron chi connectivity index (χ1n) is 8.26. The van der Waals surface area contributed by atoms with E-state index in [2.05, 4.69) is 5.32 Å². The van der Waals surface area contributed by atoms with Gasteiger partial charge in [0, 0.05) is 16.9 Å². The van der Waals surface area contributed by atoms with Gasteiger partial charge in [0.1, 0.15) is 10.6 Å². The number of anilines is 1. The molecule has 2 aromatic rings. The van der Waals surface area contributed by atoms with E-state index in [0.29, 0.717) is 10.6 Å². The molecule has 0 aliphatic heterocycles. The first-order valence-corrected chi connectivity index (χ1v) is 9.14. The molecule has 1 saturated carbocycles. The molecule has 0 unspecified atom stereocenters. The van der Waals surface area contributed by atoms with Crippen LogP contribution in [0.5, 0.6) is 0 Å². The van der Waals surface area contributed by atoms with Crippen LogP contribution >= 0.6 is 11.3 Å². The average Bonchev–Trinajstić information content (AvgIpc) is 3.06. The van der Waals surface area contributed by atoms with Crippen LogP contribution in [0.3, 0.4) is 0 Å². The Labute approximate surface area is 145 Å². The summed E-state index contributed by atoms with van der Waals surface area (Å²) in [4.78, 5) is 24.8. The van der Waals surface area contributed by atoms with Crippen LogP contribution in [-0.4, -0.2) is 19.0 Å².